The van der Waals surface area contributed by atoms with E-state index in [9.17, 15) is 75.7 Å². The average Bonchev–Trinajstić information content (AvgIpc) is 3.24. The molecule has 61 heavy (non-hydrogen) atoms. The topological polar surface area (TPSA) is 397 Å². The Morgan fingerprint density at radius 1 is 0.525 bits per heavy atom. The molecule has 0 bridgehead atoms. The summed E-state index contributed by atoms with van der Waals surface area (Å²) >= 11 is 0. The van der Waals surface area contributed by atoms with Crippen LogP contribution in [0.25, 0.3) is 0 Å². The van der Waals surface area contributed by atoms with Crippen molar-refractivity contribution in [1.29, 1.82) is 0 Å². The van der Waals surface area contributed by atoms with Crippen LogP contribution in [0.5, 0.6) is 0 Å². The predicted molar refractivity (Wildman–Crippen MR) is 200 cm³/mol. The highest BCUT2D eigenvalue weighted by Gasteiger charge is 2.46. The zero-order chi connectivity index (χ0) is 45.2. The average molecular weight is 892 g/mol. The maximum absolute atomic E-state index is 13.9. The Bertz CT molecular complexity index is 1250. The van der Waals surface area contributed by atoms with Crippen LogP contribution in [-0.4, -0.2) is 253 Å². The van der Waals surface area contributed by atoms with Gasteiger partial charge in [-0.25, -0.2) is 0 Å². The van der Waals surface area contributed by atoms with E-state index < -0.39 is 130 Å². The summed E-state index contributed by atoms with van der Waals surface area (Å²) in [4.78, 5) is 38.5. The molecule has 16 atom stereocenters. The number of carboxylic acids is 1. The number of unbranched alkanes of at least 4 members (excludes halogenated alkanes) is 2. The van der Waals surface area contributed by atoms with Crippen molar-refractivity contribution in [2.24, 2.45) is 0 Å². The number of carbonyl (C=O) groups is 3. The number of aliphatic hydroxyl groups is 12. The summed E-state index contributed by atoms with van der Waals surface area (Å²) < 4.78 is 33.1. The van der Waals surface area contributed by atoms with Crippen molar-refractivity contribution in [2.75, 3.05) is 65.8 Å². The molecule has 25 heteroatoms. The Morgan fingerprint density at radius 3 is 1.38 bits per heavy atom. The minimum Gasteiger partial charge on any atom is -0.481 e. The van der Waals surface area contributed by atoms with E-state index in [0.717, 1.165) is 0 Å². The molecule has 2 amide bonds. The zero-order valence-electron chi connectivity index (χ0n) is 33.7. The minimum absolute atomic E-state index is 0.0613. The molecular formula is C36H65N3O22. The molecule has 0 saturated carbocycles. The summed E-state index contributed by atoms with van der Waals surface area (Å²) in [7, 11) is 0. The lowest BCUT2D eigenvalue weighted by Gasteiger charge is -2.40. The van der Waals surface area contributed by atoms with Crippen molar-refractivity contribution in [3.8, 4) is 0 Å². The van der Waals surface area contributed by atoms with Crippen molar-refractivity contribution >= 4 is 17.8 Å². The van der Waals surface area contributed by atoms with Crippen LogP contribution >= 0.6 is 0 Å². The molecule has 3 aliphatic heterocycles. The van der Waals surface area contributed by atoms with Crippen LogP contribution in [0.4, 0.5) is 0 Å². The first-order valence-corrected chi connectivity index (χ1v) is 20.3. The summed E-state index contributed by atoms with van der Waals surface area (Å²) in [5, 5.41) is 135. The largest absolute Gasteiger partial charge is 0.481 e. The third-order valence-electron chi connectivity index (χ3n) is 10.6. The van der Waals surface area contributed by atoms with E-state index in [-0.39, 0.29) is 71.2 Å². The second-order valence-electron chi connectivity index (χ2n) is 15.0. The Morgan fingerprint density at radius 2 is 0.951 bits per heavy atom. The van der Waals surface area contributed by atoms with Gasteiger partial charge < -0.3 is 105 Å². The zero-order valence-corrected chi connectivity index (χ0v) is 33.7. The molecule has 0 aliphatic carbocycles. The van der Waals surface area contributed by atoms with Crippen LogP contribution in [0, 0.1) is 0 Å². The molecule has 0 aromatic carbocycles. The molecule has 0 aromatic rings. The molecule has 3 aliphatic rings. The maximum Gasteiger partial charge on any atom is 0.303 e. The van der Waals surface area contributed by atoms with Crippen molar-refractivity contribution < 1.29 is 109 Å². The molecule has 356 valence electrons. The second-order valence-corrected chi connectivity index (χ2v) is 15.0. The lowest BCUT2D eigenvalue weighted by Crippen LogP contribution is -2.60. The molecule has 0 unspecified atom stereocenters. The Hall–Kier alpha value is -2.35. The number of ether oxygens (including phenoxy) is 6. The van der Waals surface area contributed by atoms with E-state index in [1.807, 2.05) is 0 Å². The second kappa shape index (κ2) is 27.1. The van der Waals surface area contributed by atoms with Crippen molar-refractivity contribution in [1.82, 2.24) is 15.5 Å². The monoisotopic (exact) mass is 891 g/mol. The predicted octanol–water partition coefficient (Wildman–Crippen LogP) is -7.85. The van der Waals surface area contributed by atoms with Crippen LogP contribution in [0.2, 0.25) is 0 Å². The number of aliphatic carboxylic acids is 1. The molecule has 0 radical (unpaired) electrons. The normalized spacial score (nSPS) is 34.9. The van der Waals surface area contributed by atoms with Gasteiger partial charge in [0.15, 0.2) is 18.9 Å². The van der Waals surface area contributed by atoms with Gasteiger partial charge in [-0.1, -0.05) is 0 Å². The molecule has 3 fully saturated rings. The van der Waals surface area contributed by atoms with Gasteiger partial charge in [0.1, 0.15) is 73.2 Å². The highest BCUT2D eigenvalue weighted by Crippen LogP contribution is 2.25. The first kappa shape index (κ1) is 53.0. The number of carboxylic acid groups (broad SMARTS) is 1. The van der Waals surface area contributed by atoms with Gasteiger partial charge in [0.25, 0.3) is 0 Å². The van der Waals surface area contributed by atoms with Gasteiger partial charge in [0.2, 0.25) is 11.8 Å². The van der Waals surface area contributed by atoms with Crippen molar-refractivity contribution in [3.63, 3.8) is 0 Å². The van der Waals surface area contributed by atoms with Crippen LogP contribution < -0.4 is 10.6 Å². The molecule has 25 nitrogen and oxygen atoms in total. The molecule has 3 saturated heterocycles. The van der Waals surface area contributed by atoms with Gasteiger partial charge in [-0.2, -0.15) is 0 Å². The molecular weight excluding hydrogens is 826 g/mol. The third kappa shape index (κ3) is 16.0. The summed E-state index contributed by atoms with van der Waals surface area (Å²) in [6.45, 7) is -3.14. The summed E-state index contributed by atoms with van der Waals surface area (Å²) in [6.07, 6.45) is -21.8. The summed E-state index contributed by atoms with van der Waals surface area (Å²) in [6, 6.07) is -1.02. The number of hydrogen-bond donors (Lipinski definition) is 15. The first-order valence-electron chi connectivity index (χ1n) is 20.3. The van der Waals surface area contributed by atoms with E-state index in [1.54, 1.807) is 4.90 Å². The number of nitrogens with one attached hydrogen (secondary N) is 2. The number of aliphatic hydroxyl groups excluding tert-OH is 12. The molecule has 3 heterocycles. The number of carbonyl (C=O) groups excluding carboxylic acids is 2. The molecule has 15 N–H and O–H groups in total. The van der Waals surface area contributed by atoms with E-state index in [4.69, 9.17) is 33.5 Å². The summed E-state index contributed by atoms with van der Waals surface area (Å²) in [5.41, 5.74) is 0. The van der Waals surface area contributed by atoms with Crippen LogP contribution in [0.3, 0.4) is 0 Å². The molecule has 3 rings (SSSR count). The highest BCUT2D eigenvalue weighted by molar-refractivity contribution is 5.81. The maximum atomic E-state index is 13.9. The quantitative estimate of drug-likeness (QED) is 0.0341. The lowest BCUT2D eigenvalue weighted by atomic mass is 9.99. The summed E-state index contributed by atoms with van der Waals surface area (Å²) in [5.74, 6) is -1.83. The van der Waals surface area contributed by atoms with Gasteiger partial charge in [-0.05, 0) is 32.1 Å². The van der Waals surface area contributed by atoms with Crippen LogP contribution in [-0.2, 0) is 42.8 Å². The SMILES string of the molecule is O=C(O)CCCCC(=O)NCCCC[C@@H](C(=O)NCCO[C@H]1O[C@H](CO)[C@@H](O)[C@H](O)[C@@H]1O)N(CCO[C@H]1O[C@H](CO)[C@@H](O)[C@H](O)[C@@H]1O)CCO[C@H]1O[C@H](CO)[C@@H](O)[C@H](O)[C@@H]1O. The van der Waals surface area contributed by atoms with Crippen molar-refractivity contribution in [3.05, 3.63) is 0 Å². The lowest BCUT2D eigenvalue weighted by molar-refractivity contribution is -0.303. The van der Waals surface area contributed by atoms with Crippen LogP contribution in [0.1, 0.15) is 44.9 Å². The smallest absolute Gasteiger partial charge is 0.303 e. The Balaban J connectivity index is 1.73. The molecule has 0 aromatic heterocycles. The van der Waals surface area contributed by atoms with E-state index in [0.29, 0.717) is 25.7 Å². The number of amides is 2. The number of nitrogens with zero attached hydrogens (tertiary/aromatic N) is 1. The van der Waals surface area contributed by atoms with Gasteiger partial charge in [0.05, 0.1) is 45.7 Å². The number of rotatable bonds is 27. The van der Waals surface area contributed by atoms with Crippen molar-refractivity contribution in [2.45, 2.75) is 143 Å². The Kier molecular flexibility index (Phi) is 23.5. The number of hydrogen-bond acceptors (Lipinski definition) is 22. The van der Waals surface area contributed by atoms with E-state index in [1.165, 1.54) is 0 Å². The Labute approximate surface area is 351 Å². The molecule has 0 spiro atoms. The fourth-order valence-corrected chi connectivity index (χ4v) is 6.90. The van der Waals surface area contributed by atoms with E-state index >= 15 is 0 Å². The van der Waals surface area contributed by atoms with Crippen LogP contribution in [0.15, 0.2) is 0 Å². The fourth-order valence-electron chi connectivity index (χ4n) is 6.90. The minimum atomic E-state index is -1.73. The van der Waals surface area contributed by atoms with Gasteiger partial charge in [0, 0.05) is 39.0 Å². The fraction of sp³-hybridized carbons (Fsp3) is 0.917. The van der Waals surface area contributed by atoms with Gasteiger partial charge >= 0.3 is 5.97 Å². The van der Waals surface area contributed by atoms with Gasteiger partial charge in [-0.15, -0.1) is 0 Å². The van der Waals surface area contributed by atoms with E-state index in [2.05, 4.69) is 10.6 Å². The van der Waals surface area contributed by atoms with Gasteiger partial charge in [-0.3, -0.25) is 19.3 Å². The standard InChI is InChI=1S/C36H65N3O22/c40-15-19-24(46)27(49)30(52)34(59-19)56-12-9-38-33(55)18(5-3-4-8-37-22(43)6-1-2-7-23(44)45)39(10-13-57-35-31(53)28(50)25(47)20(16-41)60-35)11-14-58-36-32(54)29(51)26(48)21(17-42)61-36/h18-21,24-32,34-36,40-42,46-54H,1-17H2,(H,37,43)(H,38,55)(H,44,45)/t18-,19+,20+,21+,24+,25+,26+,27-,28-,29-,30-,31-,32-,34-,35-,36-/m0/s1. The third-order valence-corrected chi connectivity index (χ3v) is 10.6. The highest BCUT2D eigenvalue weighted by atomic mass is 16.7. The first-order chi connectivity index (χ1) is 29.1.